The van der Waals surface area contributed by atoms with Crippen molar-refractivity contribution < 1.29 is 13.5 Å². The van der Waals surface area contributed by atoms with Gasteiger partial charge in [-0.15, -0.1) is 11.3 Å². The molecule has 0 saturated heterocycles. The SMILES string of the molecule is N#Cc1ccc(S(=O)(=O)NC2CCCCC2O)s1. The molecule has 1 aliphatic carbocycles. The molecule has 2 atom stereocenters. The molecule has 1 aromatic heterocycles. The molecule has 0 spiro atoms. The Labute approximate surface area is 110 Å². The lowest BCUT2D eigenvalue weighted by molar-refractivity contribution is 0.101. The molecule has 18 heavy (non-hydrogen) atoms. The summed E-state index contributed by atoms with van der Waals surface area (Å²) in [5.74, 6) is 0. The number of nitrogens with zero attached hydrogens (tertiary/aromatic N) is 1. The van der Waals surface area contributed by atoms with Crippen molar-refractivity contribution in [2.24, 2.45) is 0 Å². The van der Waals surface area contributed by atoms with Gasteiger partial charge in [-0.25, -0.2) is 13.1 Å². The van der Waals surface area contributed by atoms with Crippen LogP contribution in [0.4, 0.5) is 0 Å². The van der Waals surface area contributed by atoms with Gasteiger partial charge < -0.3 is 5.11 Å². The molecule has 0 bridgehead atoms. The van der Waals surface area contributed by atoms with Crippen LogP contribution in [-0.4, -0.2) is 25.7 Å². The molecule has 0 aliphatic heterocycles. The van der Waals surface area contributed by atoms with Gasteiger partial charge in [-0.05, 0) is 25.0 Å². The third kappa shape index (κ3) is 2.90. The Morgan fingerprint density at radius 2 is 2.11 bits per heavy atom. The Morgan fingerprint density at radius 3 is 2.72 bits per heavy atom. The summed E-state index contributed by atoms with van der Waals surface area (Å²) in [6.07, 6.45) is 2.50. The van der Waals surface area contributed by atoms with Gasteiger partial charge in [0.15, 0.2) is 0 Å². The van der Waals surface area contributed by atoms with Crippen LogP contribution in [0.3, 0.4) is 0 Å². The molecule has 7 heteroatoms. The van der Waals surface area contributed by atoms with E-state index in [1.165, 1.54) is 12.1 Å². The summed E-state index contributed by atoms with van der Waals surface area (Å²) < 4.78 is 26.8. The molecule has 1 heterocycles. The average Bonchev–Trinajstić information content (AvgIpc) is 2.81. The van der Waals surface area contributed by atoms with Gasteiger partial charge in [0.05, 0.1) is 6.10 Å². The molecule has 2 unspecified atom stereocenters. The monoisotopic (exact) mass is 286 g/mol. The van der Waals surface area contributed by atoms with E-state index in [1.54, 1.807) is 0 Å². The summed E-state index contributed by atoms with van der Waals surface area (Å²) in [6.45, 7) is 0. The quantitative estimate of drug-likeness (QED) is 0.873. The number of hydrogen-bond donors (Lipinski definition) is 2. The van der Waals surface area contributed by atoms with Gasteiger partial charge in [0.1, 0.15) is 15.2 Å². The van der Waals surface area contributed by atoms with E-state index >= 15 is 0 Å². The first-order valence-corrected chi connectivity index (χ1v) is 8.03. The summed E-state index contributed by atoms with van der Waals surface area (Å²) >= 11 is 0.936. The van der Waals surface area contributed by atoms with Crippen molar-refractivity contribution in [2.75, 3.05) is 0 Å². The van der Waals surface area contributed by atoms with Crippen LogP contribution in [0, 0.1) is 11.3 Å². The molecule has 98 valence electrons. The first kappa shape index (κ1) is 13.5. The van der Waals surface area contributed by atoms with E-state index in [0.29, 0.717) is 17.7 Å². The topological polar surface area (TPSA) is 90.2 Å². The minimum atomic E-state index is -3.62. The van der Waals surface area contributed by atoms with E-state index < -0.39 is 22.2 Å². The van der Waals surface area contributed by atoms with Crippen molar-refractivity contribution >= 4 is 21.4 Å². The summed E-state index contributed by atoms with van der Waals surface area (Å²) in [4.78, 5) is 0.361. The molecule has 0 radical (unpaired) electrons. The van der Waals surface area contributed by atoms with Crippen LogP contribution in [0.15, 0.2) is 16.3 Å². The third-order valence-corrected chi connectivity index (χ3v) is 5.96. The fourth-order valence-corrected chi connectivity index (χ4v) is 4.45. The number of nitriles is 1. The van der Waals surface area contributed by atoms with Gasteiger partial charge in [0.2, 0.25) is 10.0 Å². The van der Waals surface area contributed by atoms with Crippen molar-refractivity contribution in [3.8, 4) is 6.07 Å². The second-order valence-corrected chi connectivity index (χ2v) is 7.33. The van der Waals surface area contributed by atoms with Gasteiger partial charge >= 0.3 is 0 Å². The Balaban J connectivity index is 2.14. The Bertz CT molecular complexity index is 559. The number of sulfonamides is 1. The van der Waals surface area contributed by atoms with Crippen LogP contribution >= 0.6 is 11.3 Å². The normalized spacial score (nSPS) is 24.7. The molecule has 0 aromatic carbocycles. The highest BCUT2D eigenvalue weighted by molar-refractivity contribution is 7.91. The maximum atomic E-state index is 12.1. The lowest BCUT2D eigenvalue weighted by Gasteiger charge is -2.27. The minimum Gasteiger partial charge on any atom is -0.391 e. The van der Waals surface area contributed by atoms with E-state index in [1.807, 2.05) is 6.07 Å². The summed E-state index contributed by atoms with van der Waals surface area (Å²) in [6, 6.07) is 4.39. The third-order valence-electron chi connectivity index (χ3n) is 2.99. The number of aliphatic hydroxyl groups is 1. The Morgan fingerprint density at radius 1 is 1.39 bits per heavy atom. The molecule has 2 rings (SSSR count). The highest BCUT2D eigenvalue weighted by Gasteiger charge is 2.28. The lowest BCUT2D eigenvalue weighted by Crippen LogP contribution is -2.44. The van der Waals surface area contributed by atoms with Crippen molar-refractivity contribution in [1.29, 1.82) is 5.26 Å². The highest BCUT2D eigenvalue weighted by atomic mass is 32.2. The molecule has 1 fully saturated rings. The molecule has 5 nitrogen and oxygen atoms in total. The molecular weight excluding hydrogens is 272 g/mol. The first-order valence-electron chi connectivity index (χ1n) is 5.73. The van der Waals surface area contributed by atoms with E-state index in [9.17, 15) is 13.5 Å². The van der Waals surface area contributed by atoms with E-state index in [2.05, 4.69) is 4.72 Å². The van der Waals surface area contributed by atoms with Crippen LogP contribution in [0.1, 0.15) is 30.6 Å². The fourth-order valence-electron chi connectivity index (χ4n) is 2.03. The van der Waals surface area contributed by atoms with Crippen LogP contribution < -0.4 is 4.72 Å². The molecule has 1 saturated carbocycles. The van der Waals surface area contributed by atoms with Gasteiger partial charge in [-0.3, -0.25) is 0 Å². The van der Waals surface area contributed by atoms with Crippen molar-refractivity contribution in [3.63, 3.8) is 0 Å². The second kappa shape index (κ2) is 5.36. The Hall–Kier alpha value is -0.940. The first-order chi connectivity index (χ1) is 8.53. The lowest BCUT2D eigenvalue weighted by atomic mass is 9.93. The second-order valence-electron chi connectivity index (χ2n) is 4.31. The maximum Gasteiger partial charge on any atom is 0.250 e. The van der Waals surface area contributed by atoms with Crippen LogP contribution in [0.5, 0.6) is 0 Å². The molecule has 0 amide bonds. The van der Waals surface area contributed by atoms with Crippen LogP contribution in [-0.2, 0) is 10.0 Å². The van der Waals surface area contributed by atoms with Gasteiger partial charge in [-0.1, -0.05) is 12.8 Å². The van der Waals surface area contributed by atoms with E-state index in [4.69, 9.17) is 5.26 Å². The largest absolute Gasteiger partial charge is 0.391 e. The fraction of sp³-hybridized carbons (Fsp3) is 0.545. The van der Waals surface area contributed by atoms with Crippen LogP contribution in [0.2, 0.25) is 0 Å². The van der Waals surface area contributed by atoms with Gasteiger partial charge in [0.25, 0.3) is 0 Å². The number of hydrogen-bond acceptors (Lipinski definition) is 5. The highest BCUT2D eigenvalue weighted by Crippen LogP contribution is 2.24. The Kier molecular flexibility index (Phi) is 4.02. The number of rotatable bonds is 3. The number of aliphatic hydroxyl groups excluding tert-OH is 1. The predicted molar refractivity (Wildman–Crippen MR) is 67.6 cm³/mol. The van der Waals surface area contributed by atoms with E-state index in [0.717, 1.165) is 24.2 Å². The number of nitrogens with one attached hydrogen (secondary N) is 1. The predicted octanol–water partition coefficient (Wildman–Crippen LogP) is 1.20. The van der Waals surface area contributed by atoms with Gasteiger partial charge in [-0.2, -0.15) is 5.26 Å². The maximum absolute atomic E-state index is 12.1. The summed E-state index contributed by atoms with van der Waals surface area (Å²) in [5.41, 5.74) is 0. The molecule has 1 aliphatic rings. The standard InChI is InChI=1S/C11H14N2O3S2/c12-7-8-5-6-11(17-8)18(15,16)13-9-3-1-2-4-10(9)14/h5-6,9-10,13-14H,1-4H2. The molecular formula is C11H14N2O3S2. The van der Waals surface area contributed by atoms with Crippen molar-refractivity contribution in [2.45, 2.75) is 42.0 Å². The van der Waals surface area contributed by atoms with E-state index in [-0.39, 0.29) is 4.21 Å². The van der Waals surface area contributed by atoms with Crippen LogP contribution in [0.25, 0.3) is 0 Å². The van der Waals surface area contributed by atoms with Crippen molar-refractivity contribution in [3.05, 3.63) is 17.0 Å². The average molecular weight is 286 g/mol. The zero-order chi connectivity index (χ0) is 13.2. The zero-order valence-corrected chi connectivity index (χ0v) is 11.3. The summed E-state index contributed by atoms with van der Waals surface area (Å²) in [7, 11) is -3.62. The molecule has 1 aromatic rings. The smallest absolute Gasteiger partial charge is 0.250 e. The summed E-state index contributed by atoms with van der Waals surface area (Å²) in [5, 5.41) is 18.4. The minimum absolute atomic E-state index is 0.122. The molecule has 2 N–H and O–H groups in total. The van der Waals surface area contributed by atoms with Crippen molar-refractivity contribution in [1.82, 2.24) is 4.72 Å². The number of thiophene rings is 1. The van der Waals surface area contributed by atoms with Gasteiger partial charge in [0, 0.05) is 6.04 Å². The zero-order valence-electron chi connectivity index (χ0n) is 9.67.